The summed E-state index contributed by atoms with van der Waals surface area (Å²) in [4.78, 5) is 9.48. The van der Waals surface area contributed by atoms with E-state index in [1.54, 1.807) is 0 Å². The largest absolute Gasteiger partial charge is 0.451 e. The van der Waals surface area contributed by atoms with Gasteiger partial charge in [-0.25, -0.2) is 14.6 Å². The lowest BCUT2D eigenvalue weighted by Gasteiger charge is -2.28. The summed E-state index contributed by atoms with van der Waals surface area (Å²) in [6.45, 7) is 1.74. The number of hydrogen-bond donors (Lipinski definition) is 0. The van der Waals surface area contributed by atoms with Crippen LogP contribution in [0.3, 0.4) is 0 Å². The van der Waals surface area contributed by atoms with E-state index >= 15 is 0 Å². The molecule has 8 heteroatoms. The van der Waals surface area contributed by atoms with Gasteiger partial charge in [-0.3, -0.25) is 4.90 Å². The first-order chi connectivity index (χ1) is 15.5. The molecule has 0 spiro atoms. The van der Waals surface area contributed by atoms with Crippen LogP contribution in [0.4, 0.5) is 13.2 Å². The van der Waals surface area contributed by atoms with Crippen molar-refractivity contribution in [2.75, 3.05) is 6.54 Å². The van der Waals surface area contributed by atoms with Crippen LogP contribution >= 0.6 is 0 Å². The average molecular weight is 435 g/mol. The molecule has 0 bridgehead atoms. The molecule has 1 aliphatic rings. The van der Waals surface area contributed by atoms with E-state index in [0.717, 1.165) is 28.1 Å². The summed E-state index contributed by atoms with van der Waals surface area (Å²) in [7, 11) is 0. The molecule has 2 aromatic carbocycles. The molecule has 1 aliphatic heterocycles. The van der Waals surface area contributed by atoms with E-state index in [0.29, 0.717) is 31.7 Å². The second-order valence-electron chi connectivity index (χ2n) is 7.77. The average Bonchev–Trinajstić information content (AvgIpc) is 3.23. The van der Waals surface area contributed by atoms with Gasteiger partial charge in [-0.05, 0) is 12.1 Å². The van der Waals surface area contributed by atoms with Gasteiger partial charge in [0.25, 0.3) is 0 Å². The van der Waals surface area contributed by atoms with E-state index in [1.165, 1.54) is 6.20 Å². The monoisotopic (exact) mass is 435 g/mol. The maximum absolute atomic E-state index is 12.9. The van der Waals surface area contributed by atoms with Gasteiger partial charge in [0.1, 0.15) is 0 Å². The molecule has 5 nitrogen and oxygen atoms in total. The highest BCUT2D eigenvalue weighted by atomic mass is 19.4. The third-order valence-electron chi connectivity index (χ3n) is 5.52. The highest BCUT2D eigenvalue weighted by Gasteiger charge is 2.35. The summed E-state index contributed by atoms with van der Waals surface area (Å²) in [5, 5.41) is 4.84. The number of halogens is 3. The fourth-order valence-corrected chi connectivity index (χ4v) is 3.96. The molecule has 2 aromatic heterocycles. The molecule has 162 valence electrons. The van der Waals surface area contributed by atoms with Gasteiger partial charge in [0, 0.05) is 55.1 Å². The summed E-state index contributed by atoms with van der Waals surface area (Å²) in [6, 6.07) is 19.9. The summed E-state index contributed by atoms with van der Waals surface area (Å²) >= 11 is 0. The molecule has 0 unspecified atom stereocenters. The number of nitrogens with zero attached hydrogens (tertiary/aromatic N) is 5. The summed E-state index contributed by atoms with van der Waals surface area (Å²) in [6.07, 6.45) is -0.740. The summed E-state index contributed by atoms with van der Waals surface area (Å²) in [5.41, 5.74) is 5.15. The molecule has 4 aromatic rings. The zero-order valence-corrected chi connectivity index (χ0v) is 17.1. The number of rotatable bonds is 4. The molecule has 3 heterocycles. The van der Waals surface area contributed by atoms with Crippen molar-refractivity contribution < 1.29 is 13.2 Å². The molecule has 0 saturated carbocycles. The van der Waals surface area contributed by atoms with Crippen molar-refractivity contribution >= 4 is 0 Å². The number of aromatic nitrogens is 4. The first-order valence-corrected chi connectivity index (χ1v) is 10.3. The van der Waals surface area contributed by atoms with Crippen LogP contribution in [-0.2, 0) is 25.7 Å². The number of benzene rings is 2. The van der Waals surface area contributed by atoms with Gasteiger partial charge in [-0.1, -0.05) is 48.5 Å². The van der Waals surface area contributed by atoms with E-state index in [2.05, 4.69) is 14.9 Å². The minimum Gasteiger partial charge on any atom is -0.294 e. The van der Waals surface area contributed by atoms with Gasteiger partial charge in [-0.2, -0.15) is 18.3 Å². The van der Waals surface area contributed by atoms with Gasteiger partial charge < -0.3 is 0 Å². The van der Waals surface area contributed by atoms with Gasteiger partial charge in [0.2, 0.25) is 5.82 Å². The summed E-state index contributed by atoms with van der Waals surface area (Å²) in [5.74, 6) is -1.07. The Labute approximate surface area is 183 Å². The SMILES string of the molecule is FC(F)(F)c1ncc2c(n1)CCN(Cc1cn(-c3ccccc3)nc1-c1ccccc1)C2. The van der Waals surface area contributed by atoms with Gasteiger partial charge in [0.15, 0.2) is 0 Å². The second-order valence-corrected chi connectivity index (χ2v) is 7.77. The molecule has 0 amide bonds. The lowest BCUT2D eigenvalue weighted by molar-refractivity contribution is -0.145. The first-order valence-electron chi connectivity index (χ1n) is 10.3. The molecule has 32 heavy (non-hydrogen) atoms. The number of alkyl halides is 3. The van der Waals surface area contributed by atoms with Crippen LogP contribution in [0.25, 0.3) is 16.9 Å². The molecule has 0 fully saturated rings. The molecule has 0 N–H and O–H groups in total. The maximum atomic E-state index is 12.9. The number of hydrogen-bond acceptors (Lipinski definition) is 4. The van der Waals surface area contributed by atoms with Crippen LogP contribution in [0.1, 0.15) is 22.6 Å². The van der Waals surface area contributed by atoms with Gasteiger partial charge in [0.05, 0.1) is 17.1 Å². The Bertz CT molecular complexity index is 1220. The Morgan fingerprint density at radius 2 is 1.66 bits per heavy atom. The van der Waals surface area contributed by atoms with Crippen molar-refractivity contribution in [2.45, 2.75) is 25.7 Å². The predicted octanol–water partition coefficient (Wildman–Crippen LogP) is 4.91. The second kappa shape index (κ2) is 8.20. The molecule has 0 saturated heterocycles. The fourth-order valence-electron chi connectivity index (χ4n) is 3.96. The first kappa shape index (κ1) is 20.4. The topological polar surface area (TPSA) is 46.8 Å². The minimum absolute atomic E-state index is 0.453. The smallest absolute Gasteiger partial charge is 0.294 e. The van der Waals surface area contributed by atoms with E-state index < -0.39 is 12.0 Å². The Hall–Kier alpha value is -3.52. The lowest BCUT2D eigenvalue weighted by Crippen LogP contribution is -2.31. The van der Waals surface area contributed by atoms with Crippen LogP contribution in [-0.4, -0.2) is 31.2 Å². The number of para-hydroxylation sites is 1. The third kappa shape index (κ3) is 4.13. The van der Waals surface area contributed by atoms with Crippen molar-refractivity contribution in [3.05, 3.63) is 95.7 Å². The Morgan fingerprint density at radius 3 is 2.38 bits per heavy atom. The third-order valence-corrected chi connectivity index (χ3v) is 5.52. The Balaban J connectivity index is 1.43. The highest BCUT2D eigenvalue weighted by molar-refractivity contribution is 5.63. The van der Waals surface area contributed by atoms with E-state index in [1.807, 2.05) is 71.5 Å². The van der Waals surface area contributed by atoms with Crippen molar-refractivity contribution in [1.29, 1.82) is 0 Å². The summed E-state index contributed by atoms with van der Waals surface area (Å²) < 4.78 is 40.6. The zero-order chi connectivity index (χ0) is 22.1. The fraction of sp³-hybridized carbons (Fsp3) is 0.208. The number of fused-ring (bicyclic) bond motifs is 1. The molecule has 0 radical (unpaired) electrons. The molecule has 0 aliphatic carbocycles. The van der Waals surface area contributed by atoms with E-state index in [4.69, 9.17) is 5.10 Å². The quantitative estimate of drug-likeness (QED) is 0.457. The molecular weight excluding hydrogens is 415 g/mol. The van der Waals surface area contributed by atoms with Crippen molar-refractivity contribution in [3.8, 4) is 16.9 Å². The Kier molecular flexibility index (Phi) is 5.22. The van der Waals surface area contributed by atoms with Crippen molar-refractivity contribution in [3.63, 3.8) is 0 Å². The van der Waals surface area contributed by atoms with Gasteiger partial charge >= 0.3 is 6.18 Å². The molecule has 0 atom stereocenters. The molecule has 5 rings (SSSR count). The van der Waals surface area contributed by atoms with E-state index in [9.17, 15) is 13.2 Å². The minimum atomic E-state index is -4.53. The van der Waals surface area contributed by atoms with Crippen molar-refractivity contribution in [1.82, 2.24) is 24.6 Å². The highest BCUT2D eigenvalue weighted by Crippen LogP contribution is 2.29. The van der Waals surface area contributed by atoms with E-state index in [-0.39, 0.29) is 0 Å². The normalized spacial score (nSPS) is 14.3. The Morgan fingerprint density at radius 1 is 0.938 bits per heavy atom. The van der Waals surface area contributed by atoms with Crippen LogP contribution in [0.15, 0.2) is 73.1 Å². The molecular formula is C24H20F3N5. The van der Waals surface area contributed by atoms with Crippen LogP contribution in [0.5, 0.6) is 0 Å². The standard InChI is InChI=1S/C24H20F3N5/c25-24(26,27)23-28-13-18-14-31(12-11-21(18)29-23)15-19-16-32(20-9-5-2-6-10-20)30-22(19)17-7-3-1-4-8-17/h1-10,13,16H,11-12,14-15H2. The van der Waals surface area contributed by atoms with Gasteiger partial charge in [-0.15, -0.1) is 0 Å². The van der Waals surface area contributed by atoms with Crippen LogP contribution in [0, 0.1) is 0 Å². The van der Waals surface area contributed by atoms with Crippen LogP contribution in [0.2, 0.25) is 0 Å². The van der Waals surface area contributed by atoms with Crippen molar-refractivity contribution in [2.24, 2.45) is 0 Å². The maximum Gasteiger partial charge on any atom is 0.451 e. The lowest BCUT2D eigenvalue weighted by atomic mass is 10.0. The zero-order valence-electron chi connectivity index (χ0n) is 17.1. The predicted molar refractivity (Wildman–Crippen MR) is 114 cm³/mol. The van der Waals surface area contributed by atoms with Crippen LogP contribution < -0.4 is 0 Å².